The van der Waals surface area contributed by atoms with E-state index in [9.17, 15) is 14.9 Å². The van der Waals surface area contributed by atoms with Crippen LogP contribution in [0.4, 0.5) is 17.1 Å². The number of rotatable bonds is 10. The molecule has 0 unspecified atom stereocenters. The second-order valence-corrected chi connectivity index (χ2v) is 10.6. The summed E-state index contributed by atoms with van der Waals surface area (Å²) >= 11 is 0. The van der Waals surface area contributed by atoms with Gasteiger partial charge in [-0.1, -0.05) is 42.5 Å². The number of hydrogen-bond donors (Lipinski definition) is 3. The van der Waals surface area contributed by atoms with Crippen molar-refractivity contribution in [3.05, 3.63) is 117 Å². The molecule has 3 heterocycles. The number of nitrogens with one attached hydrogen (secondary N) is 3. The minimum atomic E-state index is -0.444. The fourth-order valence-corrected chi connectivity index (χ4v) is 5.51. The fourth-order valence-electron chi connectivity index (χ4n) is 5.51. The molecule has 212 valence electrons. The van der Waals surface area contributed by atoms with E-state index >= 15 is 0 Å². The third-order valence-corrected chi connectivity index (χ3v) is 7.74. The smallest absolute Gasteiger partial charge is 0.270 e. The van der Waals surface area contributed by atoms with Gasteiger partial charge < -0.3 is 20.5 Å². The van der Waals surface area contributed by atoms with Crippen LogP contribution in [-0.2, 0) is 11.2 Å². The number of benzene rings is 3. The minimum Gasteiger partial charge on any atom is -0.354 e. The molecule has 1 aromatic heterocycles. The predicted molar refractivity (Wildman–Crippen MR) is 167 cm³/mol. The van der Waals surface area contributed by atoms with Gasteiger partial charge in [-0.3, -0.25) is 14.9 Å². The van der Waals surface area contributed by atoms with Crippen molar-refractivity contribution in [2.24, 2.45) is 0 Å². The lowest BCUT2D eigenvalue weighted by molar-refractivity contribution is -0.384. The summed E-state index contributed by atoms with van der Waals surface area (Å²) in [5.41, 5.74) is 6.64. The number of nitro groups is 1. The van der Waals surface area contributed by atoms with Gasteiger partial charge in [-0.2, -0.15) is 0 Å². The second kappa shape index (κ2) is 12.2. The van der Waals surface area contributed by atoms with Gasteiger partial charge in [0.05, 0.1) is 28.2 Å². The number of hydrogen-bond acceptors (Lipinski definition) is 6. The zero-order chi connectivity index (χ0) is 28.9. The van der Waals surface area contributed by atoms with E-state index < -0.39 is 4.92 Å². The lowest BCUT2D eigenvalue weighted by Crippen LogP contribution is -2.20. The average molecular weight is 561 g/mol. The minimum absolute atomic E-state index is 0.0662. The van der Waals surface area contributed by atoms with Crippen molar-refractivity contribution in [3.63, 3.8) is 0 Å². The van der Waals surface area contributed by atoms with Crippen LogP contribution in [0.5, 0.6) is 0 Å². The van der Waals surface area contributed by atoms with Crippen molar-refractivity contribution in [2.45, 2.75) is 25.7 Å². The normalized spacial score (nSPS) is 16.0. The van der Waals surface area contributed by atoms with E-state index in [0.717, 1.165) is 41.9 Å². The summed E-state index contributed by atoms with van der Waals surface area (Å²) in [6.07, 6.45) is 12.0. The molecular formula is C33H32N6O3. The molecule has 0 saturated carbocycles. The molecule has 0 spiro atoms. The first kappa shape index (κ1) is 27.2. The molecule has 1 fully saturated rings. The molecule has 2 aliphatic rings. The van der Waals surface area contributed by atoms with Gasteiger partial charge in [-0.25, -0.2) is 4.98 Å². The standard InChI is InChI=1S/C33H32N6O3/c40-33-31(29-20-28(39(41)42)15-16-30(29)37-33)32(25-10-5-23(6-11-25)4-3-19-38-17-1-2-18-38)36-26-12-7-24(8-13-26)9-14-27-21-34-22-35-27/h5-16,20-22,36H,1-4,17-19H2,(H,34,35)(H,37,40)/b14-9+,32-31-. The highest BCUT2D eigenvalue weighted by Crippen LogP contribution is 2.39. The number of carbonyl (C=O) groups excluding carboxylic acids is 1. The molecule has 9 heteroatoms. The number of fused-ring (bicyclic) bond motifs is 1. The van der Waals surface area contributed by atoms with Crippen LogP contribution in [0, 0.1) is 10.1 Å². The number of nitrogens with zero attached hydrogens (tertiary/aromatic N) is 3. The Hall–Kier alpha value is -5.02. The first-order valence-electron chi connectivity index (χ1n) is 14.2. The molecule has 0 bridgehead atoms. The molecule has 42 heavy (non-hydrogen) atoms. The average Bonchev–Trinajstić information content (AvgIpc) is 3.78. The summed E-state index contributed by atoms with van der Waals surface area (Å²) in [6, 6.07) is 20.5. The SMILES string of the molecule is O=C1Nc2ccc([N+](=O)[O-])cc2/C1=C(/Nc1ccc(/C=C/c2c[nH]cn2)cc1)c1ccc(CCCN2CCCC2)cc1. The highest BCUT2D eigenvalue weighted by molar-refractivity contribution is 6.37. The summed E-state index contributed by atoms with van der Waals surface area (Å²) in [5.74, 6) is -0.304. The number of amides is 1. The topological polar surface area (TPSA) is 116 Å². The van der Waals surface area contributed by atoms with Crippen LogP contribution in [0.1, 0.15) is 47.2 Å². The van der Waals surface area contributed by atoms with Gasteiger partial charge in [-0.05, 0) is 86.3 Å². The van der Waals surface area contributed by atoms with E-state index in [1.165, 1.54) is 43.6 Å². The quantitative estimate of drug-likeness (QED) is 0.117. The Morgan fingerprint density at radius 2 is 1.81 bits per heavy atom. The maximum absolute atomic E-state index is 13.3. The zero-order valence-corrected chi connectivity index (χ0v) is 23.2. The number of likely N-dealkylation sites (tertiary alicyclic amines) is 1. The molecule has 9 nitrogen and oxygen atoms in total. The summed E-state index contributed by atoms with van der Waals surface area (Å²) in [7, 11) is 0. The van der Waals surface area contributed by atoms with Gasteiger partial charge in [0, 0.05) is 35.3 Å². The highest BCUT2D eigenvalue weighted by atomic mass is 16.6. The Balaban J connectivity index is 1.30. The maximum atomic E-state index is 13.3. The number of aromatic amines is 1. The number of aromatic nitrogens is 2. The van der Waals surface area contributed by atoms with Crippen molar-refractivity contribution in [2.75, 3.05) is 30.3 Å². The van der Waals surface area contributed by atoms with E-state index in [-0.39, 0.29) is 11.6 Å². The molecule has 0 atom stereocenters. The number of carbonyl (C=O) groups is 1. The first-order chi connectivity index (χ1) is 20.5. The molecule has 3 N–H and O–H groups in total. The third kappa shape index (κ3) is 6.16. The van der Waals surface area contributed by atoms with Gasteiger partial charge in [0.15, 0.2) is 0 Å². The van der Waals surface area contributed by atoms with E-state index in [4.69, 9.17) is 0 Å². The van der Waals surface area contributed by atoms with E-state index in [2.05, 4.69) is 37.6 Å². The monoisotopic (exact) mass is 560 g/mol. The maximum Gasteiger partial charge on any atom is 0.270 e. The van der Waals surface area contributed by atoms with E-state index in [1.54, 1.807) is 12.4 Å². The van der Waals surface area contributed by atoms with E-state index in [0.29, 0.717) is 22.5 Å². The Morgan fingerprint density at radius 1 is 1.02 bits per heavy atom. The Labute approximate surface area is 244 Å². The molecular weight excluding hydrogens is 528 g/mol. The van der Waals surface area contributed by atoms with Gasteiger partial charge in [0.25, 0.3) is 11.6 Å². The molecule has 0 radical (unpaired) electrons. The van der Waals surface area contributed by atoms with Crippen LogP contribution >= 0.6 is 0 Å². The van der Waals surface area contributed by atoms with Crippen molar-refractivity contribution in [1.29, 1.82) is 0 Å². The first-order valence-corrected chi connectivity index (χ1v) is 14.2. The largest absolute Gasteiger partial charge is 0.354 e. The lowest BCUT2D eigenvalue weighted by Gasteiger charge is -2.16. The number of anilines is 2. The summed E-state index contributed by atoms with van der Waals surface area (Å²) in [5, 5.41) is 17.9. The van der Waals surface area contributed by atoms with Crippen LogP contribution in [0.15, 0.2) is 79.3 Å². The van der Waals surface area contributed by atoms with E-state index in [1.807, 2.05) is 54.7 Å². The van der Waals surface area contributed by atoms with Gasteiger partial charge in [-0.15, -0.1) is 0 Å². The van der Waals surface area contributed by atoms with Crippen LogP contribution in [0.3, 0.4) is 0 Å². The van der Waals surface area contributed by atoms with Gasteiger partial charge in [0.2, 0.25) is 0 Å². The van der Waals surface area contributed by atoms with Gasteiger partial charge in [0.1, 0.15) is 0 Å². The number of imidazole rings is 1. The van der Waals surface area contributed by atoms with Crippen LogP contribution in [0.2, 0.25) is 0 Å². The molecule has 1 saturated heterocycles. The summed E-state index contributed by atoms with van der Waals surface area (Å²) in [6.45, 7) is 3.51. The molecule has 1 amide bonds. The van der Waals surface area contributed by atoms with Gasteiger partial charge >= 0.3 is 0 Å². The Kier molecular flexibility index (Phi) is 7.91. The van der Waals surface area contributed by atoms with Crippen LogP contribution in [-0.4, -0.2) is 45.3 Å². The Bertz CT molecular complexity index is 1630. The van der Waals surface area contributed by atoms with Crippen molar-refractivity contribution in [3.8, 4) is 0 Å². The number of H-pyrrole nitrogens is 1. The third-order valence-electron chi connectivity index (χ3n) is 7.74. The lowest BCUT2D eigenvalue weighted by atomic mass is 9.98. The highest BCUT2D eigenvalue weighted by Gasteiger charge is 2.30. The predicted octanol–water partition coefficient (Wildman–Crippen LogP) is 6.45. The molecule has 6 rings (SSSR count). The molecule has 0 aliphatic carbocycles. The van der Waals surface area contributed by atoms with Crippen molar-refractivity contribution < 1.29 is 9.72 Å². The number of nitro benzene ring substituents is 1. The van der Waals surface area contributed by atoms with Crippen LogP contribution < -0.4 is 10.6 Å². The molecule has 4 aromatic rings. The number of aryl methyl sites for hydroxylation is 1. The molecule has 2 aliphatic heterocycles. The zero-order valence-electron chi connectivity index (χ0n) is 23.2. The summed E-state index contributed by atoms with van der Waals surface area (Å²) in [4.78, 5) is 34.1. The van der Waals surface area contributed by atoms with Crippen LogP contribution in [0.25, 0.3) is 23.4 Å². The van der Waals surface area contributed by atoms with Crippen molar-refractivity contribution >= 4 is 46.4 Å². The Morgan fingerprint density at radius 3 is 2.52 bits per heavy atom. The summed E-state index contributed by atoms with van der Waals surface area (Å²) < 4.78 is 0. The second-order valence-electron chi connectivity index (χ2n) is 10.6. The van der Waals surface area contributed by atoms with Crippen molar-refractivity contribution in [1.82, 2.24) is 14.9 Å². The number of non-ortho nitro benzene ring substituents is 1. The fraction of sp³-hybridized carbons (Fsp3) is 0.212. The molecule has 3 aromatic carbocycles.